The van der Waals surface area contributed by atoms with Crippen molar-refractivity contribution in [1.82, 2.24) is 5.32 Å². The van der Waals surface area contributed by atoms with Gasteiger partial charge in [0.15, 0.2) is 0 Å². The van der Waals surface area contributed by atoms with Gasteiger partial charge in [0, 0.05) is 13.0 Å². The van der Waals surface area contributed by atoms with Gasteiger partial charge >= 0.3 is 5.97 Å². The molecule has 2 aromatic carbocycles. The molecule has 0 fully saturated rings. The van der Waals surface area contributed by atoms with E-state index in [2.05, 4.69) is 5.32 Å². The second kappa shape index (κ2) is 7.09. The average Bonchev–Trinajstić information content (AvgIpc) is 2.54. The quantitative estimate of drug-likeness (QED) is 0.825. The molecule has 0 radical (unpaired) electrons. The molecule has 2 rings (SSSR count). The molecular weight excluding hydrogens is 278 g/mol. The Balaban J connectivity index is 2.05. The molecule has 116 valence electrons. The molecule has 0 aliphatic carbocycles. The molecule has 0 aliphatic heterocycles. The van der Waals surface area contributed by atoms with E-state index in [4.69, 9.17) is 4.74 Å². The fraction of sp³-hybridized carbons (Fsp3) is 0.278. The highest BCUT2D eigenvalue weighted by atomic mass is 16.5. The van der Waals surface area contributed by atoms with Crippen molar-refractivity contribution >= 4 is 5.97 Å². The van der Waals surface area contributed by atoms with E-state index >= 15 is 0 Å². The Morgan fingerprint density at radius 2 is 1.73 bits per heavy atom. The van der Waals surface area contributed by atoms with Crippen molar-refractivity contribution in [2.24, 2.45) is 0 Å². The van der Waals surface area contributed by atoms with Gasteiger partial charge in [0.05, 0.1) is 7.11 Å². The van der Waals surface area contributed by atoms with Crippen LogP contribution >= 0.6 is 0 Å². The Kier molecular flexibility index (Phi) is 5.17. The van der Waals surface area contributed by atoms with E-state index in [1.165, 1.54) is 0 Å². The number of methoxy groups -OCH3 is 1. The average molecular weight is 299 g/mol. The number of carbonyl (C=O) groups is 1. The highest BCUT2D eigenvalue weighted by Gasteiger charge is 2.32. The number of hydrogen-bond donors (Lipinski definition) is 2. The normalized spacial score (nSPS) is 13.4. The molecule has 2 aromatic rings. The molecule has 0 aromatic heterocycles. The smallest absolute Gasteiger partial charge is 0.323 e. The molecule has 1 atom stereocenters. The minimum atomic E-state index is -1.01. The maximum Gasteiger partial charge on any atom is 0.323 e. The lowest BCUT2D eigenvalue weighted by Gasteiger charge is -2.26. The van der Waals surface area contributed by atoms with Crippen LogP contribution in [0.5, 0.6) is 5.75 Å². The molecule has 0 amide bonds. The van der Waals surface area contributed by atoms with Crippen molar-refractivity contribution in [3.63, 3.8) is 0 Å². The summed E-state index contributed by atoms with van der Waals surface area (Å²) >= 11 is 0. The number of ether oxygens (including phenoxy) is 1. The summed E-state index contributed by atoms with van der Waals surface area (Å²) in [5.41, 5.74) is 0.998. The number of rotatable bonds is 7. The van der Waals surface area contributed by atoms with Crippen LogP contribution in [0.4, 0.5) is 0 Å². The molecule has 0 spiro atoms. The zero-order valence-corrected chi connectivity index (χ0v) is 12.9. The summed E-state index contributed by atoms with van der Waals surface area (Å²) in [6.07, 6.45) is 0.430. The molecule has 0 aliphatic rings. The van der Waals surface area contributed by atoms with Gasteiger partial charge < -0.3 is 9.84 Å². The molecule has 22 heavy (non-hydrogen) atoms. The van der Waals surface area contributed by atoms with Crippen LogP contribution in [0.3, 0.4) is 0 Å². The Bertz CT molecular complexity index is 610. The van der Waals surface area contributed by atoms with Gasteiger partial charge in [0.25, 0.3) is 0 Å². The van der Waals surface area contributed by atoms with Gasteiger partial charge in [-0.25, -0.2) is 0 Å². The summed E-state index contributed by atoms with van der Waals surface area (Å²) in [5.74, 6) is -0.0705. The summed E-state index contributed by atoms with van der Waals surface area (Å²) in [4.78, 5) is 11.7. The Morgan fingerprint density at radius 1 is 1.09 bits per heavy atom. The van der Waals surface area contributed by atoms with Crippen LogP contribution in [0, 0.1) is 0 Å². The first-order valence-corrected chi connectivity index (χ1v) is 7.19. The largest absolute Gasteiger partial charge is 0.497 e. The molecule has 0 saturated carbocycles. The van der Waals surface area contributed by atoms with Crippen LogP contribution in [0.2, 0.25) is 0 Å². The molecule has 1 unspecified atom stereocenters. The van der Waals surface area contributed by atoms with Crippen LogP contribution in [0.15, 0.2) is 54.6 Å². The van der Waals surface area contributed by atoms with Crippen molar-refractivity contribution in [2.75, 3.05) is 7.11 Å². The van der Waals surface area contributed by atoms with E-state index in [1.807, 2.05) is 54.6 Å². The first-order chi connectivity index (χ1) is 10.5. The van der Waals surface area contributed by atoms with Crippen molar-refractivity contribution in [3.05, 3.63) is 65.7 Å². The van der Waals surface area contributed by atoms with E-state index in [0.29, 0.717) is 13.0 Å². The summed E-state index contributed by atoms with van der Waals surface area (Å²) < 4.78 is 5.12. The minimum absolute atomic E-state index is 0.430. The van der Waals surface area contributed by atoms with Crippen molar-refractivity contribution in [2.45, 2.75) is 25.4 Å². The zero-order chi connectivity index (χ0) is 16.0. The molecule has 0 saturated heterocycles. The van der Waals surface area contributed by atoms with Crippen LogP contribution in [-0.4, -0.2) is 23.7 Å². The molecule has 4 heteroatoms. The zero-order valence-electron chi connectivity index (χ0n) is 12.9. The van der Waals surface area contributed by atoms with Crippen molar-refractivity contribution in [3.8, 4) is 5.75 Å². The van der Waals surface area contributed by atoms with Crippen molar-refractivity contribution in [1.29, 1.82) is 0 Å². The Hall–Kier alpha value is -2.33. The fourth-order valence-electron chi connectivity index (χ4n) is 2.26. The number of hydrogen-bond acceptors (Lipinski definition) is 3. The maximum absolute atomic E-state index is 11.7. The highest BCUT2D eigenvalue weighted by molar-refractivity contribution is 5.78. The maximum atomic E-state index is 11.7. The number of carboxylic acid groups (broad SMARTS) is 1. The summed E-state index contributed by atoms with van der Waals surface area (Å²) in [6, 6.07) is 17.2. The number of aliphatic carboxylic acids is 1. The summed E-state index contributed by atoms with van der Waals surface area (Å²) in [6.45, 7) is 2.20. The van der Waals surface area contributed by atoms with E-state index in [1.54, 1.807) is 14.0 Å². The SMILES string of the molecule is COc1ccc(CNC(C)(Cc2ccccc2)C(=O)O)cc1. The molecule has 0 bridgehead atoms. The first kappa shape index (κ1) is 16.0. The van der Waals surface area contributed by atoms with E-state index in [-0.39, 0.29) is 0 Å². The van der Waals surface area contributed by atoms with Gasteiger partial charge in [0.2, 0.25) is 0 Å². The lowest BCUT2D eigenvalue weighted by Crippen LogP contribution is -2.50. The third-order valence-corrected chi connectivity index (χ3v) is 3.71. The molecule has 2 N–H and O–H groups in total. The third-order valence-electron chi connectivity index (χ3n) is 3.71. The lowest BCUT2D eigenvalue weighted by molar-refractivity contribution is -0.144. The van der Waals surface area contributed by atoms with Gasteiger partial charge in [-0.1, -0.05) is 42.5 Å². The topological polar surface area (TPSA) is 58.6 Å². The van der Waals surface area contributed by atoms with Gasteiger partial charge in [-0.05, 0) is 30.2 Å². The Labute approximate surface area is 130 Å². The van der Waals surface area contributed by atoms with Crippen LogP contribution in [0.25, 0.3) is 0 Å². The van der Waals surface area contributed by atoms with Crippen molar-refractivity contribution < 1.29 is 14.6 Å². The van der Waals surface area contributed by atoms with Gasteiger partial charge in [-0.15, -0.1) is 0 Å². The third kappa shape index (κ3) is 4.09. The second-order valence-electron chi connectivity index (χ2n) is 5.50. The number of nitrogens with one attached hydrogen (secondary N) is 1. The predicted octanol–water partition coefficient (Wildman–Crippen LogP) is 2.87. The summed E-state index contributed by atoms with van der Waals surface area (Å²) in [7, 11) is 1.62. The standard InChI is InChI=1S/C18H21NO3/c1-18(17(20)21,12-14-6-4-3-5-7-14)19-13-15-8-10-16(22-2)11-9-15/h3-11,19H,12-13H2,1-2H3,(H,20,21). The van der Waals surface area contributed by atoms with Crippen LogP contribution < -0.4 is 10.1 Å². The van der Waals surface area contributed by atoms with Gasteiger partial charge in [-0.3, -0.25) is 10.1 Å². The van der Waals surface area contributed by atoms with E-state index in [9.17, 15) is 9.90 Å². The molecule has 4 nitrogen and oxygen atoms in total. The van der Waals surface area contributed by atoms with Crippen LogP contribution in [-0.2, 0) is 17.8 Å². The monoisotopic (exact) mass is 299 g/mol. The molecule has 0 heterocycles. The first-order valence-electron chi connectivity index (χ1n) is 7.19. The summed E-state index contributed by atoms with van der Waals surface area (Å²) in [5, 5.41) is 12.7. The van der Waals surface area contributed by atoms with E-state index < -0.39 is 11.5 Å². The number of benzene rings is 2. The second-order valence-corrected chi connectivity index (χ2v) is 5.50. The minimum Gasteiger partial charge on any atom is -0.497 e. The predicted molar refractivity (Wildman–Crippen MR) is 86.0 cm³/mol. The fourth-order valence-corrected chi connectivity index (χ4v) is 2.26. The number of carboxylic acids is 1. The molecular formula is C18H21NO3. The lowest BCUT2D eigenvalue weighted by atomic mass is 9.92. The van der Waals surface area contributed by atoms with Gasteiger partial charge in [0.1, 0.15) is 11.3 Å². The highest BCUT2D eigenvalue weighted by Crippen LogP contribution is 2.16. The Morgan fingerprint density at radius 3 is 2.27 bits per heavy atom. The van der Waals surface area contributed by atoms with Crippen LogP contribution in [0.1, 0.15) is 18.1 Å². The van der Waals surface area contributed by atoms with Gasteiger partial charge in [-0.2, -0.15) is 0 Å². The van der Waals surface area contributed by atoms with E-state index in [0.717, 1.165) is 16.9 Å².